The number of carbonyl (C=O) groups excluding carboxylic acids is 2. The molecule has 0 saturated carbocycles. The maximum absolute atomic E-state index is 12.1. The molecule has 0 aliphatic carbocycles. The zero-order chi connectivity index (χ0) is 25.4. The van der Waals surface area contributed by atoms with Gasteiger partial charge in [-0.05, 0) is 51.4 Å². The van der Waals surface area contributed by atoms with Crippen molar-refractivity contribution in [2.24, 2.45) is 5.73 Å². The molecule has 196 valence electrons. The molecule has 1 aliphatic heterocycles. The number of unbranched alkanes of at least 4 members (excludes halogenated alkanes) is 1. The van der Waals surface area contributed by atoms with Crippen LogP contribution in [0.4, 0.5) is 0 Å². The summed E-state index contributed by atoms with van der Waals surface area (Å²) in [5.41, 5.74) is 5.41. The Balaban J connectivity index is 2.04. The van der Waals surface area contributed by atoms with Gasteiger partial charge in [0.2, 0.25) is 11.8 Å². The second-order valence-corrected chi connectivity index (χ2v) is 8.71. The van der Waals surface area contributed by atoms with Crippen molar-refractivity contribution in [2.75, 3.05) is 32.8 Å². The number of nitrogens with one attached hydrogen (secondary N) is 1. The zero-order valence-corrected chi connectivity index (χ0v) is 21.7. The molecule has 1 atom stereocenters. The molecule has 0 aromatic carbocycles. The fourth-order valence-corrected chi connectivity index (χ4v) is 3.80. The molecule has 1 fully saturated rings. The predicted molar refractivity (Wildman–Crippen MR) is 146 cm³/mol. The summed E-state index contributed by atoms with van der Waals surface area (Å²) in [7, 11) is 0. The van der Waals surface area contributed by atoms with Gasteiger partial charge < -0.3 is 15.8 Å². The van der Waals surface area contributed by atoms with E-state index < -0.39 is 0 Å². The van der Waals surface area contributed by atoms with Gasteiger partial charge in [-0.15, -0.1) is 0 Å². The van der Waals surface area contributed by atoms with Crippen LogP contribution in [0, 0.1) is 0 Å². The lowest BCUT2D eigenvalue weighted by molar-refractivity contribution is -0.121. The van der Waals surface area contributed by atoms with E-state index in [2.05, 4.69) is 77.9 Å². The van der Waals surface area contributed by atoms with E-state index in [1.807, 2.05) is 0 Å². The van der Waals surface area contributed by atoms with Gasteiger partial charge in [0, 0.05) is 38.5 Å². The summed E-state index contributed by atoms with van der Waals surface area (Å²) >= 11 is 0. The molecule has 3 N–H and O–H groups in total. The van der Waals surface area contributed by atoms with Crippen LogP contribution < -0.4 is 11.1 Å². The summed E-state index contributed by atoms with van der Waals surface area (Å²) in [4.78, 5) is 25.7. The van der Waals surface area contributed by atoms with Crippen molar-refractivity contribution in [3.05, 3.63) is 60.8 Å². The van der Waals surface area contributed by atoms with Crippen molar-refractivity contribution in [2.45, 2.75) is 77.2 Å². The van der Waals surface area contributed by atoms with E-state index in [0.29, 0.717) is 32.6 Å². The van der Waals surface area contributed by atoms with Gasteiger partial charge in [-0.2, -0.15) is 0 Å². The molecular weight excluding hydrogens is 438 g/mol. The number of primary amides is 1. The van der Waals surface area contributed by atoms with Crippen LogP contribution in [-0.4, -0.2) is 55.6 Å². The van der Waals surface area contributed by atoms with Gasteiger partial charge in [-0.25, -0.2) is 0 Å². The van der Waals surface area contributed by atoms with Crippen LogP contribution in [0.2, 0.25) is 0 Å². The first-order chi connectivity index (χ1) is 17.1. The first-order valence-electron chi connectivity index (χ1n) is 13.2. The Hall–Kier alpha value is -2.44. The minimum Gasteiger partial charge on any atom is -0.379 e. The van der Waals surface area contributed by atoms with Crippen molar-refractivity contribution < 1.29 is 14.3 Å². The highest BCUT2D eigenvalue weighted by atomic mass is 16.5. The number of hydrogen-bond acceptors (Lipinski definition) is 4. The molecular formula is C29H47N3O3. The van der Waals surface area contributed by atoms with Crippen molar-refractivity contribution >= 4 is 11.8 Å². The molecule has 6 heteroatoms. The van der Waals surface area contributed by atoms with Crippen LogP contribution in [0.3, 0.4) is 0 Å². The Morgan fingerprint density at radius 3 is 1.97 bits per heavy atom. The third kappa shape index (κ3) is 18.5. The fraction of sp³-hybridized carbons (Fsp3) is 0.586. The number of ether oxygens (including phenoxy) is 1. The number of nitrogens with two attached hydrogens (primary N) is 1. The van der Waals surface area contributed by atoms with Crippen molar-refractivity contribution in [1.29, 1.82) is 0 Å². The number of morpholine rings is 1. The Labute approximate surface area is 213 Å². The summed E-state index contributed by atoms with van der Waals surface area (Å²) < 4.78 is 5.38. The number of rotatable bonds is 19. The van der Waals surface area contributed by atoms with Crippen molar-refractivity contribution in [1.82, 2.24) is 10.2 Å². The van der Waals surface area contributed by atoms with E-state index in [9.17, 15) is 9.59 Å². The van der Waals surface area contributed by atoms with Crippen LogP contribution >= 0.6 is 0 Å². The number of amides is 2. The minimum atomic E-state index is -0.301. The summed E-state index contributed by atoms with van der Waals surface area (Å²) in [5.74, 6) is -0.234. The number of allylic oxidation sites excluding steroid dienone is 10. The first-order valence-corrected chi connectivity index (χ1v) is 13.2. The van der Waals surface area contributed by atoms with E-state index >= 15 is 0 Å². The molecule has 2 amide bonds. The van der Waals surface area contributed by atoms with Gasteiger partial charge in [-0.1, -0.05) is 67.7 Å². The quantitative estimate of drug-likeness (QED) is 0.199. The molecule has 35 heavy (non-hydrogen) atoms. The molecule has 1 unspecified atom stereocenters. The smallest absolute Gasteiger partial charge is 0.220 e. The van der Waals surface area contributed by atoms with Crippen LogP contribution in [0.25, 0.3) is 0 Å². The maximum atomic E-state index is 12.1. The summed E-state index contributed by atoms with van der Waals surface area (Å²) in [5, 5.41) is 2.98. The third-order valence-corrected chi connectivity index (χ3v) is 5.73. The summed E-state index contributed by atoms with van der Waals surface area (Å²) in [6.07, 6.45) is 30.2. The molecule has 1 heterocycles. The molecule has 1 aliphatic rings. The maximum Gasteiger partial charge on any atom is 0.220 e. The van der Waals surface area contributed by atoms with Crippen molar-refractivity contribution in [3.8, 4) is 0 Å². The van der Waals surface area contributed by atoms with Gasteiger partial charge in [0.05, 0.1) is 13.2 Å². The molecule has 0 radical (unpaired) electrons. The van der Waals surface area contributed by atoms with Gasteiger partial charge in [0.1, 0.15) is 0 Å². The normalized spacial score (nSPS) is 16.4. The second-order valence-electron chi connectivity index (χ2n) is 8.71. The van der Waals surface area contributed by atoms with Crippen LogP contribution in [0.15, 0.2) is 60.8 Å². The van der Waals surface area contributed by atoms with Gasteiger partial charge in [0.15, 0.2) is 0 Å². The Kier molecular flexibility index (Phi) is 19.3. The lowest BCUT2D eigenvalue weighted by Gasteiger charge is -2.34. The average molecular weight is 486 g/mol. The average Bonchev–Trinajstić information content (AvgIpc) is 2.85. The predicted octanol–water partition coefficient (Wildman–Crippen LogP) is 4.99. The Bertz CT molecular complexity index is 704. The fourth-order valence-electron chi connectivity index (χ4n) is 3.80. The highest BCUT2D eigenvalue weighted by Crippen LogP contribution is 2.11. The van der Waals surface area contributed by atoms with Crippen LogP contribution in [0.1, 0.15) is 71.1 Å². The summed E-state index contributed by atoms with van der Waals surface area (Å²) in [6, 6.07) is 0.0676. The SMILES string of the molecule is CC/C=C\C/C=C\C/C=C\C/C=C\C/C=C\CCCC(=O)NCCC(CC(N)=O)N1CCOCC1. The summed E-state index contributed by atoms with van der Waals surface area (Å²) in [6.45, 7) is 5.68. The van der Waals surface area contributed by atoms with E-state index in [1.54, 1.807) is 0 Å². The largest absolute Gasteiger partial charge is 0.379 e. The van der Waals surface area contributed by atoms with Gasteiger partial charge in [0.25, 0.3) is 0 Å². The van der Waals surface area contributed by atoms with E-state index in [0.717, 1.165) is 64.5 Å². The lowest BCUT2D eigenvalue weighted by Crippen LogP contribution is -2.46. The van der Waals surface area contributed by atoms with Crippen LogP contribution in [0.5, 0.6) is 0 Å². The van der Waals surface area contributed by atoms with Gasteiger partial charge in [-0.3, -0.25) is 14.5 Å². The van der Waals surface area contributed by atoms with E-state index in [1.165, 1.54) is 0 Å². The topological polar surface area (TPSA) is 84.7 Å². The number of carbonyl (C=O) groups is 2. The number of nitrogens with zero attached hydrogens (tertiary/aromatic N) is 1. The molecule has 6 nitrogen and oxygen atoms in total. The van der Waals surface area contributed by atoms with Crippen LogP contribution in [-0.2, 0) is 14.3 Å². The number of hydrogen-bond donors (Lipinski definition) is 2. The Morgan fingerprint density at radius 1 is 0.886 bits per heavy atom. The molecule has 1 saturated heterocycles. The van der Waals surface area contributed by atoms with E-state index in [4.69, 9.17) is 10.5 Å². The monoisotopic (exact) mass is 485 g/mol. The van der Waals surface area contributed by atoms with Crippen molar-refractivity contribution in [3.63, 3.8) is 0 Å². The highest BCUT2D eigenvalue weighted by Gasteiger charge is 2.22. The highest BCUT2D eigenvalue weighted by molar-refractivity contribution is 5.76. The molecule has 1 rings (SSSR count). The minimum absolute atomic E-state index is 0.0668. The zero-order valence-electron chi connectivity index (χ0n) is 21.7. The molecule has 0 aromatic rings. The van der Waals surface area contributed by atoms with Gasteiger partial charge >= 0.3 is 0 Å². The molecule has 0 aromatic heterocycles. The molecule has 0 spiro atoms. The molecule has 0 bridgehead atoms. The standard InChI is InChI=1S/C29H47N3O3/c1-2-3-4-5-6-7-8-9-10-11-12-13-14-15-16-17-18-19-29(34)31-21-20-27(26-28(30)33)32-22-24-35-25-23-32/h3-4,6-7,9-10,12-13,15-16,27H,2,5,8,11,14,17-26H2,1H3,(H2,30,33)(H,31,34)/b4-3-,7-6-,10-9-,13-12-,16-15-. The lowest BCUT2D eigenvalue weighted by atomic mass is 10.1. The first kappa shape index (κ1) is 30.6. The second kappa shape index (κ2) is 22.1. The third-order valence-electron chi connectivity index (χ3n) is 5.73. The van der Waals surface area contributed by atoms with E-state index in [-0.39, 0.29) is 17.9 Å². The Morgan fingerprint density at radius 2 is 1.43 bits per heavy atom.